The summed E-state index contributed by atoms with van der Waals surface area (Å²) in [6.45, 7) is 5.27. The Labute approximate surface area is 113 Å². The molecule has 0 bridgehead atoms. The van der Waals surface area contributed by atoms with Gasteiger partial charge in [-0.3, -0.25) is 4.79 Å². The molecule has 1 amide bonds. The summed E-state index contributed by atoms with van der Waals surface area (Å²) in [6, 6.07) is 4.65. The molecule has 1 saturated heterocycles. The van der Waals surface area contributed by atoms with Crippen molar-refractivity contribution in [3.8, 4) is 5.75 Å². The fourth-order valence-corrected chi connectivity index (χ4v) is 2.31. The lowest BCUT2D eigenvalue weighted by atomic mass is 9.98. The third-order valence-electron chi connectivity index (χ3n) is 3.42. The molecule has 1 aromatic carbocycles. The van der Waals surface area contributed by atoms with E-state index in [4.69, 9.17) is 4.74 Å². The minimum absolute atomic E-state index is 0.0724. The van der Waals surface area contributed by atoms with E-state index in [-0.39, 0.29) is 23.6 Å². The Morgan fingerprint density at radius 3 is 2.95 bits per heavy atom. The molecule has 1 aromatic rings. The van der Waals surface area contributed by atoms with Crippen molar-refractivity contribution in [3.63, 3.8) is 0 Å². The molecule has 0 saturated carbocycles. The standard InChI is InChI=1S/C15H20FNO2/c1-10(2)13-4-3-12(16)8-14(13)19-9-11-5-6-17-15(18)7-11/h3-4,8,10-11H,5-7,9H2,1-2H3,(H,17,18). The molecule has 1 aliphatic rings. The van der Waals surface area contributed by atoms with Crippen molar-refractivity contribution >= 4 is 5.91 Å². The van der Waals surface area contributed by atoms with Crippen molar-refractivity contribution in [2.75, 3.05) is 13.2 Å². The SMILES string of the molecule is CC(C)c1ccc(F)cc1OCC1CCNC(=O)C1. The number of nitrogens with one attached hydrogen (secondary N) is 1. The van der Waals surface area contributed by atoms with Crippen LogP contribution in [0.2, 0.25) is 0 Å². The Bertz CT molecular complexity index is 459. The fourth-order valence-electron chi connectivity index (χ4n) is 2.31. The van der Waals surface area contributed by atoms with Crippen molar-refractivity contribution < 1.29 is 13.9 Å². The second kappa shape index (κ2) is 6.04. The van der Waals surface area contributed by atoms with Crippen molar-refractivity contribution in [3.05, 3.63) is 29.6 Å². The summed E-state index contributed by atoms with van der Waals surface area (Å²) in [7, 11) is 0. The van der Waals surface area contributed by atoms with Crippen LogP contribution in [0.15, 0.2) is 18.2 Å². The maximum Gasteiger partial charge on any atom is 0.220 e. The topological polar surface area (TPSA) is 38.3 Å². The summed E-state index contributed by atoms with van der Waals surface area (Å²) >= 11 is 0. The molecule has 19 heavy (non-hydrogen) atoms. The summed E-state index contributed by atoms with van der Waals surface area (Å²) in [5.41, 5.74) is 1.00. The van der Waals surface area contributed by atoms with Crippen molar-refractivity contribution in [1.82, 2.24) is 5.32 Å². The number of benzene rings is 1. The van der Waals surface area contributed by atoms with E-state index < -0.39 is 0 Å². The predicted octanol–water partition coefficient (Wildman–Crippen LogP) is 2.85. The number of hydrogen-bond donors (Lipinski definition) is 1. The first kappa shape index (κ1) is 13.8. The number of ether oxygens (including phenoxy) is 1. The molecule has 2 rings (SSSR count). The molecule has 1 heterocycles. The van der Waals surface area contributed by atoms with Gasteiger partial charge in [0.2, 0.25) is 5.91 Å². The van der Waals surface area contributed by atoms with Crippen molar-refractivity contribution in [2.45, 2.75) is 32.6 Å². The quantitative estimate of drug-likeness (QED) is 0.909. The molecule has 0 spiro atoms. The van der Waals surface area contributed by atoms with Crippen LogP contribution in [0.1, 0.15) is 38.2 Å². The van der Waals surface area contributed by atoms with Gasteiger partial charge in [0, 0.05) is 24.9 Å². The molecular weight excluding hydrogens is 245 g/mol. The lowest BCUT2D eigenvalue weighted by Crippen LogP contribution is -2.35. The minimum atomic E-state index is -0.291. The average molecular weight is 265 g/mol. The smallest absolute Gasteiger partial charge is 0.220 e. The van der Waals surface area contributed by atoms with Gasteiger partial charge in [0.1, 0.15) is 11.6 Å². The van der Waals surface area contributed by atoms with Gasteiger partial charge in [-0.1, -0.05) is 19.9 Å². The highest BCUT2D eigenvalue weighted by Gasteiger charge is 2.20. The highest BCUT2D eigenvalue weighted by Crippen LogP contribution is 2.28. The zero-order valence-corrected chi connectivity index (χ0v) is 11.4. The van der Waals surface area contributed by atoms with Crippen molar-refractivity contribution in [1.29, 1.82) is 0 Å². The third kappa shape index (κ3) is 3.69. The summed E-state index contributed by atoms with van der Waals surface area (Å²) in [5.74, 6) is 0.882. The first-order valence-corrected chi connectivity index (χ1v) is 6.75. The molecule has 104 valence electrons. The summed E-state index contributed by atoms with van der Waals surface area (Å²) < 4.78 is 19.0. The molecule has 0 aromatic heterocycles. The van der Waals surface area contributed by atoms with E-state index in [1.54, 1.807) is 6.07 Å². The van der Waals surface area contributed by atoms with Gasteiger partial charge >= 0.3 is 0 Å². The molecule has 1 N–H and O–H groups in total. The van der Waals surface area contributed by atoms with E-state index in [0.29, 0.717) is 25.3 Å². The monoisotopic (exact) mass is 265 g/mol. The Balaban J connectivity index is 2.02. The Morgan fingerprint density at radius 2 is 2.26 bits per heavy atom. The number of hydrogen-bond acceptors (Lipinski definition) is 2. The van der Waals surface area contributed by atoms with E-state index in [2.05, 4.69) is 5.32 Å². The Hall–Kier alpha value is -1.58. The summed E-state index contributed by atoms with van der Waals surface area (Å²) in [5, 5.41) is 2.79. The van der Waals surface area contributed by atoms with Gasteiger partial charge in [-0.05, 0) is 24.0 Å². The van der Waals surface area contributed by atoms with Gasteiger partial charge in [0.05, 0.1) is 6.61 Å². The maximum atomic E-state index is 13.3. The van der Waals surface area contributed by atoms with Crippen molar-refractivity contribution in [2.24, 2.45) is 5.92 Å². The maximum absolute atomic E-state index is 13.3. The van der Waals surface area contributed by atoms with E-state index in [0.717, 1.165) is 12.0 Å². The molecular formula is C15H20FNO2. The molecule has 1 fully saturated rings. The number of carbonyl (C=O) groups excluding carboxylic acids is 1. The van der Waals surface area contributed by atoms with Gasteiger partial charge in [0.15, 0.2) is 0 Å². The minimum Gasteiger partial charge on any atom is -0.493 e. The largest absolute Gasteiger partial charge is 0.493 e. The molecule has 4 heteroatoms. The first-order valence-electron chi connectivity index (χ1n) is 6.75. The first-order chi connectivity index (χ1) is 9.06. The van der Waals surface area contributed by atoms with E-state index in [9.17, 15) is 9.18 Å². The number of rotatable bonds is 4. The van der Waals surface area contributed by atoms with Crippen LogP contribution in [0.4, 0.5) is 4.39 Å². The molecule has 0 radical (unpaired) electrons. The lowest BCUT2D eigenvalue weighted by Gasteiger charge is -2.23. The molecule has 1 aliphatic heterocycles. The van der Waals surface area contributed by atoms with Crippen LogP contribution in [0.5, 0.6) is 5.75 Å². The zero-order valence-electron chi connectivity index (χ0n) is 11.4. The van der Waals surface area contributed by atoms with Crippen LogP contribution >= 0.6 is 0 Å². The number of halogens is 1. The summed E-state index contributed by atoms with van der Waals surface area (Å²) in [6.07, 6.45) is 1.41. The highest BCUT2D eigenvalue weighted by atomic mass is 19.1. The lowest BCUT2D eigenvalue weighted by molar-refractivity contribution is -0.123. The number of piperidine rings is 1. The van der Waals surface area contributed by atoms with Gasteiger partial charge in [-0.15, -0.1) is 0 Å². The second-order valence-electron chi connectivity index (χ2n) is 5.36. The van der Waals surface area contributed by atoms with Crippen LogP contribution in [0.3, 0.4) is 0 Å². The second-order valence-corrected chi connectivity index (χ2v) is 5.36. The normalized spacial score (nSPS) is 19.4. The fraction of sp³-hybridized carbons (Fsp3) is 0.533. The van der Waals surface area contributed by atoms with Gasteiger partial charge in [0.25, 0.3) is 0 Å². The molecule has 1 unspecified atom stereocenters. The zero-order chi connectivity index (χ0) is 13.8. The van der Waals surface area contributed by atoms with E-state index >= 15 is 0 Å². The number of carbonyl (C=O) groups is 1. The van der Waals surface area contributed by atoms with Crippen LogP contribution in [-0.4, -0.2) is 19.1 Å². The van der Waals surface area contributed by atoms with E-state index in [1.807, 2.05) is 13.8 Å². The molecule has 3 nitrogen and oxygen atoms in total. The van der Waals surface area contributed by atoms with Gasteiger partial charge in [-0.25, -0.2) is 4.39 Å². The van der Waals surface area contributed by atoms with Crippen LogP contribution in [0, 0.1) is 11.7 Å². The van der Waals surface area contributed by atoms with E-state index in [1.165, 1.54) is 12.1 Å². The third-order valence-corrected chi connectivity index (χ3v) is 3.42. The predicted molar refractivity (Wildman–Crippen MR) is 71.7 cm³/mol. The Kier molecular flexibility index (Phi) is 4.40. The number of amides is 1. The average Bonchev–Trinajstić information content (AvgIpc) is 2.36. The Morgan fingerprint density at radius 1 is 1.47 bits per heavy atom. The van der Waals surface area contributed by atoms with Crippen LogP contribution < -0.4 is 10.1 Å². The molecule has 1 atom stereocenters. The molecule has 0 aliphatic carbocycles. The van der Waals surface area contributed by atoms with Gasteiger partial charge < -0.3 is 10.1 Å². The van der Waals surface area contributed by atoms with Gasteiger partial charge in [-0.2, -0.15) is 0 Å². The highest BCUT2D eigenvalue weighted by molar-refractivity contribution is 5.76. The summed E-state index contributed by atoms with van der Waals surface area (Å²) in [4.78, 5) is 11.3. The van der Waals surface area contributed by atoms with Crippen LogP contribution in [0.25, 0.3) is 0 Å². The van der Waals surface area contributed by atoms with Crippen LogP contribution in [-0.2, 0) is 4.79 Å².